The third-order valence-corrected chi connectivity index (χ3v) is 14.5. The van der Waals surface area contributed by atoms with Crippen LogP contribution in [0.1, 0.15) is 182 Å². The third kappa shape index (κ3) is 10.5. The lowest BCUT2D eigenvalue weighted by Crippen LogP contribution is -2.59. The lowest BCUT2D eigenvalue weighted by atomic mass is 9.43. The van der Waals surface area contributed by atoms with Gasteiger partial charge in [0.1, 0.15) is 12.6 Å². The molecule has 1 amide bonds. The van der Waals surface area contributed by atoms with Crippen LogP contribution < -0.4 is 5.32 Å². The van der Waals surface area contributed by atoms with Crippen molar-refractivity contribution >= 4 is 17.8 Å². The van der Waals surface area contributed by atoms with Gasteiger partial charge in [-0.1, -0.05) is 105 Å². The molecular formula is C42H73NO6. The van der Waals surface area contributed by atoms with E-state index in [1.54, 1.807) is 0 Å². The van der Waals surface area contributed by atoms with Crippen molar-refractivity contribution in [1.82, 2.24) is 5.32 Å². The van der Waals surface area contributed by atoms with Crippen molar-refractivity contribution in [2.24, 2.45) is 46.3 Å². The summed E-state index contributed by atoms with van der Waals surface area (Å²) < 4.78 is 6.10. The summed E-state index contributed by atoms with van der Waals surface area (Å²) in [5.74, 6) is 1.63. The molecule has 0 aromatic carbocycles. The monoisotopic (exact) mass is 688 g/mol. The highest BCUT2D eigenvalue weighted by Crippen LogP contribution is 2.68. The summed E-state index contributed by atoms with van der Waals surface area (Å²) in [5, 5.41) is 23.3. The number of carbonyl (C=O) groups is 3. The number of hydrogen-bond donors (Lipinski definition) is 3. The summed E-state index contributed by atoms with van der Waals surface area (Å²) >= 11 is 0. The molecule has 0 bridgehead atoms. The zero-order valence-corrected chi connectivity index (χ0v) is 31.8. The fourth-order valence-corrected chi connectivity index (χ4v) is 11.6. The van der Waals surface area contributed by atoms with Crippen LogP contribution in [0.5, 0.6) is 0 Å². The quantitative estimate of drug-likeness (QED) is 0.0818. The lowest BCUT2D eigenvalue weighted by molar-refractivity contribution is -0.181. The molecule has 0 spiro atoms. The molecule has 10 unspecified atom stereocenters. The van der Waals surface area contributed by atoms with E-state index in [0.717, 1.165) is 57.8 Å². The first-order valence-electron chi connectivity index (χ1n) is 20.9. The van der Waals surface area contributed by atoms with E-state index >= 15 is 0 Å². The van der Waals surface area contributed by atoms with Gasteiger partial charge in [0.15, 0.2) is 0 Å². The highest BCUT2D eigenvalue weighted by molar-refractivity contribution is 5.81. The van der Waals surface area contributed by atoms with E-state index in [1.165, 1.54) is 83.5 Å². The maximum absolute atomic E-state index is 12.8. The Morgan fingerprint density at radius 2 is 1.43 bits per heavy atom. The number of aliphatic hydroxyl groups excluding tert-OH is 1. The van der Waals surface area contributed by atoms with Crippen molar-refractivity contribution in [3.05, 3.63) is 0 Å². The first-order valence-corrected chi connectivity index (χ1v) is 20.9. The highest BCUT2D eigenvalue weighted by atomic mass is 16.5. The van der Waals surface area contributed by atoms with Gasteiger partial charge in [0.25, 0.3) is 0 Å². The fourth-order valence-electron chi connectivity index (χ4n) is 11.6. The molecular weight excluding hydrogens is 614 g/mol. The van der Waals surface area contributed by atoms with E-state index in [-0.39, 0.29) is 41.5 Å². The molecule has 7 nitrogen and oxygen atoms in total. The molecule has 7 heteroatoms. The van der Waals surface area contributed by atoms with Gasteiger partial charge in [0.2, 0.25) is 5.91 Å². The second kappa shape index (κ2) is 19.3. The lowest BCUT2D eigenvalue weighted by Gasteiger charge is -2.62. The molecule has 4 aliphatic carbocycles. The Labute approximate surface area is 298 Å². The van der Waals surface area contributed by atoms with Gasteiger partial charge < -0.3 is 20.3 Å². The Bertz CT molecular complexity index is 1050. The summed E-state index contributed by atoms with van der Waals surface area (Å²) in [6, 6.07) is 0. The number of carboxylic acid groups (broad SMARTS) is 1. The maximum atomic E-state index is 12.8. The average Bonchev–Trinajstić information content (AvgIpc) is 3.44. The van der Waals surface area contributed by atoms with Crippen LogP contribution in [-0.2, 0) is 19.1 Å². The number of carboxylic acids is 1. The third-order valence-electron chi connectivity index (χ3n) is 14.5. The number of hydrogen-bond acceptors (Lipinski definition) is 5. The van der Waals surface area contributed by atoms with E-state index in [0.29, 0.717) is 48.3 Å². The summed E-state index contributed by atoms with van der Waals surface area (Å²) in [7, 11) is 0. The van der Waals surface area contributed by atoms with Gasteiger partial charge in [-0.25, -0.2) is 0 Å². The number of nitrogens with one attached hydrogen (secondary N) is 1. The number of esters is 1. The van der Waals surface area contributed by atoms with Gasteiger partial charge in [-0.15, -0.1) is 0 Å². The summed E-state index contributed by atoms with van der Waals surface area (Å²) in [6.45, 7) is 8.98. The Hall–Kier alpha value is -1.63. The number of ether oxygens (including phenoxy) is 1. The molecule has 0 heterocycles. The van der Waals surface area contributed by atoms with Crippen molar-refractivity contribution in [2.75, 3.05) is 6.54 Å². The van der Waals surface area contributed by atoms with Crippen molar-refractivity contribution in [3.8, 4) is 0 Å². The van der Waals surface area contributed by atoms with Crippen LogP contribution in [0, 0.1) is 46.3 Å². The van der Waals surface area contributed by atoms with Crippen LogP contribution in [0.3, 0.4) is 0 Å². The van der Waals surface area contributed by atoms with Gasteiger partial charge in [0.05, 0.1) is 6.10 Å². The molecule has 282 valence electrons. The normalized spacial score (nSPS) is 34.3. The molecule has 4 aliphatic rings. The number of carbonyl (C=O) groups excluding carboxylic acids is 2. The highest BCUT2D eigenvalue weighted by Gasteiger charge is 2.63. The molecule has 4 fully saturated rings. The van der Waals surface area contributed by atoms with E-state index in [4.69, 9.17) is 9.84 Å². The van der Waals surface area contributed by atoms with E-state index in [9.17, 15) is 19.5 Å². The molecule has 0 saturated heterocycles. The number of aliphatic hydroxyl groups is 1. The number of amides is 1. The van der Waals surface area contributed by atoms with E-state index < -0.39 is 5.97 Å². The Morgan fingerprint density at radius 1 is 0.796 bits per heavy atom. The molecule has 4 rings (SSSR count). The molecule has 4 saturated carbocycles. The van der Waals surface area contributed by atoms with Gasteiger partial charge in [-0.2, -0.15) is 0 Å². The topological polar surface area (TPSA) is 113 Å². The largest absolute Gasteiger partial charge is 0.480 e. The van der Waals surface area contributed by atoms with Crippen LogP contribution in [0.25, 0.3) is 0 Å². The Kier molecular flexibility index (Phi) is 15.8. The Morgan fingerprint density at radius 3 is 2.06 bits per heavy atom. The summed E-state index contributed by atoms with van der Waals surface area (Å²) in [5.41, 5.74) is 0.0523. The van der Waals surface area contributed by atoms with Crippen molar-refractivity contribution in [1.29, 1.82) is 0 Å². The van der Waals surface area contributed by atoms with E-state index in [2.05, 4.69) is 33.0 Å². The molecule has 0 radical (unpaired) electrons. The maximum Gasteiger partial charge on any atom is 0.322 e. The first kappa shape index (κ1) is 40.1. The minimum absolute atomic E-state index is 0.000277. The predicted octanol–water partition coefficient (Wildman–Crippen LogP) is 9.63. The van der Waals surface area contributed by atoms with Gasteiger partial charge in [-0.05, 0) is 111 Å². The first-order chi connectivity index (χ1) is 23.5. The number of fused-ring (bicyclic) bond motifs is 5. The van der Waals surface area contributed by atoms with Crippen molar-refractivity contribution < 1.29 is 29.3 Å². The van der Waals surface area contributed by atoms with Gasteiger partial charge in [-0.3, -0.25) is 14.4 Å². The molecule has 3 N–H and O–H groups in total. The van der Waals surface area contributed by atoms with Gasteiger partial charge >= 0.3 is 11.9 Å². The van der Waals surface area contributed by atoms with Crippen LogP contribution in [0.4, 0.5) is 0 Å². The Balaban J connectivity index is 1.16. The van der Waals surface area contributed by atoms with Crippen molar-refractivity contribution in [3.63, 3.8) is 0 Å². The summed E-state index contributed by atoms with van der Waals surface area (Å²) in [4.78, 5) is 35.9. The molecule has 0 aliphatic heterocycles. The average molecular weight is 688 g/mol. The predicted molar refractivity (Wildman–Crippen MR) is 196 cm³/mol. The SMILES string of the molecule is CCCCCCCCCCCCCCCC(=O)OC1CCC2(C)C(CCC3C2CC(O)C2(C)C(C(C)CCC(=O)NCC(=O)O)CCC32)C1. The number of unbranched alkanes of at least 4 members (excludes halogenated alkanes) is 12. The molecule has 0 aromatic rings. The minimum atomic E-state index is -1.02. The van der Waals surface area contributed by atoms with Gasteiger partial charge in [0, 0.05) is 12.8 Å². The molecule has 10 atom stereocenters. The standard InChI is InChI=1S/C42H73NO6/c1-5-6-7-8-9-10-11-12-13-14-15-16-17-18-40(48)49-32-25-26-41(3)31(27-32)20-21-33-35-23-22-34(42(35,4)37(44)28-36(33)41)30(2)19-24-38(45)43-29-39(46)47/h30-37,44H,5-29H2,1-4H3,(H,43,45)(H,46,47). The fraction of sp³-hybridized carbons (Fsp3) is 0.929. The van der Waals surface area contributed by atoms with Crippen molar-refractivity contribution in [2.45, 2.75) is 194 Å². The minimum Gasteiger partial charge on any atom is -0.480 e. The molecule has 0 aromatic heterocycles. The van der Waals surface area contributed by atoms with Crippen LogP contribution in [0.2, 0.25) is 0 Å². The number of rotatable bonds is 21. The second-order valence-electron chi connectivity index (χ2n) is 17.5. The zero-order valence-electron chi connectivity index (χ0n) is 31.8. The van der Waals surface area contributed by atoms with E-state index in [1.807, 2.05) is 0 Å². The molecule has 49 heavy (non-hydrogen) atoms. The zero-order chi connectivity index (χ0) is 35.4. The van der Waals surface area contributed by atoms with Crippen LogP contribution in [-0.4, -0.2) is 46.8 Å². The smallest absolute Gasteiger partial charge is 0.322 e. The van der Waals surface area contributed by atoms with Crippen LogP contribution >= 0.6 is 0 Å². The van der Waals surface area contributed by atoms with Crippen LogP contribution in [0.15, 0.2) is 0 Å². The number of aliphatic carboxylic acids is 1. The second-order valence-corrected chi connectivity index (χ2v) is 17.5. The summed E-state index contributed by atoms with van der Waals surface area (Å²) in [6.07, 6.45) is 26.8.